The van der Waals surface area contributed by atoms with Crippen LogP contribution in [0.3, 0.4) is 0 Å². The average Bonchev–Trinajstić information content (AvgIpc) is 1.86. The van der Waals surface area contributed by atoms with Gasteiger partial charge in [0.2, 0.25) is 0 Å². The Balaban J connectivity index is 3.39. The zero-order valence-electron chi connectivity index (χ0n) is 7.23. The Labute approximate surface area is 63.2 Å². The van der Waals surface area contributed by atoms with Crippen molar-refractivity contribution in [1.29, 1.82) is 0 Å². The van der Waals surface area contributed by atoms with E-state index in [1.165, 1.54) is 0 Å². The average molecular weight is 147 g/mol. The third-order valence-corrected chi connectivity index (χ3v) is 1.50. The maximum atomic E-state index is 12.4. The van der Waals surface area contributed by atoms with Crippen LogP contribution in [0.2, 0.25) is 0 Å². The van der Waals surface area contributed by atoms with E-state index in [-0.39, 0.29) is 0 Å². The smallest absolute Gasteiger partial charge is 0.110 e. The molecule has 0 rings (SSSR count). The third kappa shape index (κ3) is 4.74. The molecule has 0 aliphatic heterocycles. The van der Waals surface area contributed by atoms with Crippen molar-refractivity contribution in [1.82, 2.24) is 4.90 Å². The predicted octanol–water partition coefficient (Wildman–Crippen LogP) is 2.08. The van der Waals surface area contributed by atoms with Crippen LogP contribution in [0, 0.1) is 0 Å². The SMILES string of the molecule is CCCN(CC)CC(C)F. The molecule has 0 aromatic rings. The molecule has 1 unspecified atom stereocenters. The second-order valence-corrected chi connectivity index (χ2v) is 2.67. The van der Waals surface area contributed by atoms with Crippen LogP contribution in [0.1, 0.15) is 27.2 Å². The van der Waals surface area contributed by atoms with E-state index < -0.39 is 6.17 Å². The first kappa shape index (κ1) is 9.89. The van der Waals surface area contributed by atoms with Crippen LogP contribution >= 0.6 is 0 Å². The monoisotopic (exact) mass is 147 g/mol. The van der Waals surface area contributed by atoms with Gasteiger partial charge < -0.3 is 4.90 Å². The molecule has 0 aromatic heterocycles. The summed E-state index contributed by atoms with van der Waals surface area (Å²) in [5, 5.41) is 0. The molecule has 1 atom stereocenters. The van der Waals surface area contributed by atoms with Crippen LogP contribution in [0.5, 0.6) is 0 Å². The van der Waals surface area contributed by atoms with Crippen LogP contribution in [0.15, 0.2) is 0 Å². The molecule has 0 amide bonds. The van der Waals surface area contributed by atoms with Gasteiger partial charge in [0.25, 0.3) is 0 Å². The first-order valence-electron chi connectivity index (χ1n) is 4.07. The molecule has 0 fully saturated rings. The van der Waals surface area contributed by atoms with Crippen molar-refractivity contribution in [2.75, 3.05) is 19.6 Å². The maximum absolute atomic E-state index is 12.4. The Morgan fingerprint density at radius 1 is 1.40 bits per heavy atom. The zero-order valence-corrected chi connectivity index (χ0v) is 7.23. The first-order chi connectivity index (χ1) is 4.70. The van der Waals surface area contributed by atoms with Crippen molar-refractivity contribution in [3.63, 3.8) is 0 Å². The van der Waals surface area contributed by atoms with Gasteiger partial charge in [-0.1, -0.05) is 13.8 Å². The van der Waals surface area contributed by atoms with Crippen molar-refractivity contribution < 1.29 is 4.39 Å². The summed E-state index contributed by atoms with van der Waals surface area (Å²) in [6.07, 6.45) is 0.423. The maximum Gasteiger partial charge on any atom is 0.110 e. The van der Waals surface area contributed by atoms with Crippen LogP contribution in [0.4, 0.5) is 4.39 Å². The lowest BCUT2D eigenvalue weighted by atomic mass is 10.3. The van der Waals surface area contributed by atoms with Crippen molar-refractivity contribution in [2.45, 2.75) is 33.4 Å². The molecule has 1 nitrogen and oxygen atoms in total. The van der Waals surface area contributed by atoms with Crippen LogP contribution in [-0.2, 0) is 0 Å². The minimum Gasteiger partial charge on any atom is -0.301 e. The highest BCUT2D eigenvalue weighted by Gasteiger charge is 2.04. The summed E-state index contributed by atoms with van der Waals surface area (Å²) in [4.78, 5) is 2.13. The van der Waals surface area contributed by atoms with Crippen molar-refractivity contribution in [2.24, 2.45) is 0 Å². The quantitative estimate of drug-likeness (QED) is 0.575. The van der Waals surface area contributed by atoms with Crippen LogP contribution in [0.25, 0.3) is 0 Å². The molecule has 0 spiro atoms. The van der Waals surface area contributed by atoms with Gasteiger partial charge >= 0.3 is 0 Å². The standard InChI is InChI=1S/C8H18FN/c1-4-6-10(5-2)7-8(3)9/h8H,4-7H2,1-3H3. The molecule has 0 aliphatic carbocycles. The lowest BCUT2D eigenvalue weighted by molar-refractivity contribution is 0.209. The normalized spacial score (nSPS) is 14.1. The number of hydrogen-bond acceptors (Lipinski definition) is 1. The molecule has 2 heteroatoms. The Morgan fingerprint density at radius 2 is 2.00 bits per heavy atom. The van der Waals surface area contributed by atoms with Gasteiger partial charge in [0.1, 0.15) is 6.17 Å². The lowest BCUT2D eigenvalue weighted by Crippen LogP contribution is -2.29. The van der Waals surface area contributed by atoms with Crippen LogP contribution < -0.4 is 0 Å². The zero-order chi connectivity index (χ0) is 7.98. The lowest BCUT2D eigenvalue weighted by Gasteiger charge is -2.19. The Kier molecular flexibility index (Phi) is 5.60. The largest absolute Gasteiger partial charge is 0.301 e. The molecule has 0 radical (unpaired) electrons. The molecule has 0 N–H and O–H groups in total. The Morgan fingerprint density at radius 3 is 2.30 bits per heavy atom. The topological polar surface area (TPSA) is 3.24 Å². The minimum absolute atomic E-state index is 0.588. The summed E-state index contributed by atoms with van der Waals surface area (Å²) in [7, 11) is 0. The van der Waals surface area contributed by atoms with Gasteiger partial charge in [0.05, 0.1) is 0 Å². The number of alkyl halides is 1. The van der Waals surface area contributed by atoms with Crippen molar-refractivity contribution in [3.05, 3.63) is 0 Å². The molecule has 10 heavy (non-hydrogen) atoms. The molecular formula is C8H18FN. The van der Waals surface area contributed by atoms with Gasteiger partial charge in [0, 0.05) is 6.54 Å². The highest BCUT2D eigenvalue weighted by molar-refractivity contribution is 4.58. The second-order valence-electron chi connectivity index (χ2n) is 2.67. The molecule has 0 heterocycles. The summed E-state index contributed by atoms with van der Waals surface area (Å²) in [5.74, 6) is 0. The Bertz CT molecular complexity index is 73.7. The summed E-state index contributed by atoms with van der Waals surface area (Å²) < 4.78 is 12.4. The van der Waals surface area contributed by atoms with E-state index in [9.17, 15) is 4.39 Å². The fourth-order valence-electron chi connectivity index (χ4n) is 1.05. The summed E-state index contributed by atoms with van der Waals surface area (Å²) in [6, 6.07) is 0. The molecule has 0 bridgehead atoms. The Hall–Kier alpha value is -0.110. The molecule has 0 aliphatic rings. The van der Waals surface area contributed by atoms with E-state index in [4.69, 9.17) is 0 Å². The van der Waals surface area contributed by atoms with Gasteiger partial charge in [-0.15, -0.1) is 0 Å². The van der Waals surface area contributed by atoms with Gasteiger partial charge in [-0.05, 0) is 26.4 Å². The summed E-state index contributed by atoms with van der Waals surface area (Å²) in [6.45, 7) is 8.36. The highest BCUT2D eigenvalue weighted by atomic mass is 19.1. The molecule has 62 valence electrons. The number of rotatable bonds is 5. The first-order valence-corrected chi connectivity index (χ1v) is 4.07. The second kappa shape index (κ2) is 5.66. The number of nitrogens with zero attached hydrogens (tertiary/aromatic N) is 1. The number of hydrogen-bond donors (Lipinski definition) is 0. The molecule has 0 saturated carbocycles. The van der Waals surface area contributed by atoms with E-state index in [2.05, 4.69) is 18.7 Å². The third-order valence-electron chi connectivity index (χ3n) is 1.50. The highest BCUT2D eigenvalue weighted by Crippen LogP contribution is 1.96. The van der Waals surface area contributed by atoms with Crippen molar-refractivity contribution >= 4 is 0 Å². The molecule has 0 saturated heterocycles. The number of halogens is 1. The van der Waals surface area contributed by atoms with E-state index in [0.29, 0.717) is 6.54 Å². The van der Waals surface area contributed by atoms with Gasteiger partial charge in [-0.2, -0.15) is 0 Å². The summed E-state index contributed by atoms with van der Waals surface area (Å²) >= 11 is 0. The van der Waals surface area contributed by atoms with E-state index in [0.717, 1.165) is 19.5 Å². The van der Waals surface area contributed by atoms with Gasteiger partial charge in [0.15, 0.2) is 0 Å². The van der Waals surface area contributed by atoms with Gasteiger partial charge in [-0.25, -0.2) is 4.39 Å². The minimum atomic E-state index is -0.688. The molecule has 0 aromatic carbocycles. The fraction of sp³-hybridized carbons (Fsp3) is 1.00. The summed E-state index contributed by atoms with van der Waals surface area (Å²) in [5.41, 5.74) is 0. The van der Waals surface area contributed by atoms with Crippen molar-refractivity contribution in [3.8, 4) is 0 Å². The van der Waals surface area contributed by atoms with Gasteiger partial charge in [-0.3, -0.25) is 0 Å². The fourth-order valence-corrected chi connectivity index (χ4v) is 1.05. The van der Waals surface area contributed by atoms with E-state index in [1.54, 1.807) is 6.92 Å². The van der Waals surface area contributed by atoms with E-state index >= 15 is 0 Å². The molecular weight excluding hydrogens is 129 g/mol. The predicted molar refractivity (Wildman–Crippen MR) is 43.0 cm³/mol. The van der Waals surface area contributed by atoms with E-state index in [1.807, 2.05) is 0 Å². The van der Waals surface area contributed by atoms with Crippen LogP contribution in [-0.4, -0.2) is 30.7 Å².